The molecule has 1 N–H and O–H groups in total. The molecule has 0 aromatic heterocycles. The zero-order valence-corrected chi connectivity index (χ0v) is 9.81. The number of hydrogen-bond acceptors (Lipinski definition) is 2. The van der Waals surface area contributed by atoms with Crippen molar-refractivity contribution in [3.8, 4) is 0 Å². The lowest BCUT2D eigenvalue weighted by Crippen LogP contribution is -2.38. The smallest absolute Gasteiger partial charge is 0.236 e. The molecular formula is C11H24N2O. The first-order valence-corrected chi connectivity index (χ1v) is 5.74. The van der Waals surface area contributed by atoms with Crippen LogP contribution in [0.15, 0.2) is 0 Å². The number of amides is 1. The van der Waals surface area contributed by atoms with Gasteiger partial charge in [0.05, 0.1) is 6.54 Å². The molecule has 1 amide bonds. The zero-order chi connectivity index (χ0) is 10.8. The monoisotopic (exact) mass is 200 g/mol. The molecule has 14 heavy (non-hydrogen) atoms. The van der Waals surface area contributed by atoms with E-state index in [4.69, 9.17) is 0 Å². The van der Waals surface area contributed by atoms with Gasteiger partial charge >= 0.3 is 0 Å². The van der Waals surface area contributed by atoms with Gasteiger partial charge in [0, 0.05) is 13.1 Å². The molecule has 3 heteroatoms. The van der Waals surface area contributed by atoms with Gasteiger partial charge in [0.15, 0.2) is 0 Å². The highest BCUT2D eigenvalue weighted by Gasteiger charge is 2.09. The van der Waals surface area contributed by atoms with E-state index >= 15 is 0 Å². The first-order chi connectivity index (χ1) is 6.76. The SMILES string of the molecule is CCCCN(CC)C(=O)CNCCC. The molecule has 0 aromatic carbocycles. The van der Waals surface area contributed by atoms with Crippen molar-refractivity contribution in [2.45, 2.75) is 40.0 Å². The minimum absolute atomic E-state index is 0.231. The van der Waals surface area contributed by atoms with E-state index < -0.39 is 0 Å². The van der Waals surface area contributed by atoms with Crippen LogP contribution in [-0.2, 0) is 4.79 Å². The van der Waals surface area contributed by atoms with Gasteiger partial charge in [0.2, 0.25) is 5.91 Å². The van der Waals surface area contributed by atoms with Crippen LogP contribution >= 0.6 is 0 Å². The summed E-state index contributed by atoms with van der Waals surface area (Å²) >= 11 is 0. The van der Waals surface area contributed by atoms with Crippen LogP contribution in [0.2, 0.25) is 0 Å². The Hall–Kier alpha value is -0.570. The summed E-state index contributed by atoms with van der Waals surface area (Å²) in [5.74, 6) is 0.231. The fraction of sp³-hybridized carbons (Fsp3) is 0.909. The third kappa shape index (κ3) is 5.97. The van der Waals surface area contributed by atoms with Crippen molar-refractivity contribution in [2.75, 3.05) is 26.2 Å². The Labute approximate surface area is 87.9 Å². The fourth-order valence-electron chi connectivity index (χ4n) is 1.29. The van der Waals surface area contributed by atoms with Crippen LogP contribution < -0.4 is 5.32 Å². The number of carbonyl (C=O) groups is 1. The first-order valence-electron chi connectivity index (χ1n) is 5.74. The molecule has 0 aliphatic heterocycles. The third-order valence-corrected chi connectivity index (χ3v) is 2.22. The minimum Gasteiger partial charge on any atom is -0.342 e. The standard InChI is InChI=1S/C11H24N2O/c1-4-7-9-13(6-3)11(14)10-12-8-5-2/h12H,4-10H2,1-3H3. The maximum Gasteiger partial charge on any atom is 0.236 e. The van der Waals surface area contributed by atoms with Gasteiger partial charge in [-0.25, -0.2) is 0 Å². The van der Waals surface area contributed by atoms with Crippen LogP contribution in [0.1, 0.15) is 40.0 Å². The van der Waals surface area contributed by atoms with E-state index in [1.807, 2.05) is 11.8 Å². The topological polar surface area (TPSA) is 32.3 Å². The summed E-state index contributed by atoms with van der Waals surface area (Å²) in [6.07, 6.45) is 3.33. The maximum atomic E-state index is 11.6. The van der Waals surface area contributed by atoms with E-state index in [0.29, 0.717) is 6.54 Å². The van der Waals surface area contributed by atoms with Crippen molar-refractivity contribution in [1.82, 2.24) is 10.2 Å². The van der Waals surface area contributed by atoms with E-state index in [1.54, 1.807) is 0 Å². The molecule has 0 atom stereocenters. The molecule has 0 aromatic rings. The summed E-state index contributed by atoms with van der Waals surface area (Å²) in [6.45, 7) is 9.43. The number of unbranched alkanes of at least 4 members (excludes halogenated alkanes) is 1. The number of rotatable bonds is 8. The van der Waals surface area contributed by atoms with E-state index in [0.717, 1.165) is 38.9 Å². The van der Waals surface area contributed by atoms with Gasteiger partial charge in [-0.15, -0.1) is 0 Å². The maximum absolute atomic E-state index is 11.6. The number of nitrogens with one attached hydrogen (secondary N) is 1. The van der Waals surface area contributed by atoms with Crippen molar-refractivity contribution in [1.29, 1.82) is 0 Å². The largest absolute Gasteiger partial charge is 0.342 e. The zero-order valence-electron chi connectivity index (χ0n) is 9.81. The summed E-state index contributed by atoms with van der Waals surface area (Å²) in [4.78, 5) is 13.5. The van der Waals surface area contributed by atoms with Crippen LogP contribution in [0.5, 0.6) is 0 Å². The van der Waals surface area contributed by atoms with Gasteiger partial charge < -0.3 is 10.2 Å². The molecule has 0 saturated heterocycles. The lowest BCUT2D eigenvalue weighted by molar-refractivity contribution is -0.130. The van der Waals surface area contributed by atoms with Gasteiger partial charge in [-0.2, -0.15) is 0 Å². The van der Waals surface area contributed by atoms with Crippen molar-refractivity contribution in [3.05, 3.63) is 0 Å². The highest BCUT2D eigenvalue weighted by atomic mass is 16.2. The molecule has 0 spiro atoms. The predicted molar refractivity (Wildman–Crippen MR) is 60.3 cm³/mol. The Bertz CT molecular complexity index is 148. The van der Waals surface area contributed by atoms with E-state index in [-0.39, 0.29) is 5.91 Å². The lowest BCUT2D eigenvalue weighted by Gasteiger charge is -2.20. The molecule has 0 aliphatic carbocycles. The van der Waals surface area contributed by atoms with E-state index in [2.05, 4.69) is 19.2 Å². The quantitative estimate of drug-likeness (QED) is 0.604. The molecule has 0 unspecified atom stereocenters. The van der Waals surface area contributed by atoms with E-state index in [9.17, 15) is 4.79 Å². The number of likely N-dealkylation sites (N-methyl/N-ethyl adjacent to an activating group) is 1. The molecular weight excluding hydrogens is 176 g/mol. The van der Waals surface area contributed by atoms with Crippen molar-refractivity contribution in [3.63, 3.8) is 0 Å². The van der Waals surface area contributed by atoms with Crippen molar-refractivity contribution in [2.24, 2.45) is 0 Å². The Balaban J connectivity index is 3.67. The normalized spacial score (nSPS) is 10.2. The number of hydrogen-bond donors (Lipinski definition) is 1. The van der Waals surface area contributed by atoms with Gasteiger partial charge in [0.1, 0.15) is 0 Å². The van der Waals surface area contributed by atoms with E-state index in [1.165, 1.54) is 0 Å². The van der Waals surface area contributed by atoms with Gasteiger partial charge in [-0.3, -0.25) is 4.79 Å². The molecule has 0 aliphatic rings. The highest BCUT2D eigenvalue weighted by Crippen LogP contribution is 1.95. The number of nitrogens with zero attached hydrogens (tertiary/aromatic N) is 1. The molecule has 84 valence electrons. The van der Waals surface area contributed by atoms with Crippen LogP contribution in [0, 0.1) is 0 Å². The van der Waals surface area contributed by atoms with Crippen molar-refractivity contribution >= 4 is 5.91 Å². The van der Waals surface area contributed by atoms with Crippen LogP contribution in [0.25, 0.3) is 0 Å². The first kappa shape index (κ1) is 13.4. The molecule has 0 fully saturated rings. The van der Waals surface area contributed by atoms with Crippen molar-refractivity contribution < 1.29 is 4.79 Å². The summed E-state index contributed by atoms with van der Waals surface area (Å²) in [5.41, 5.74) is 0. The average molecular weight is 200 g/mol. The Morgan fingerprint density at radius 2 is 1.93 bits per heavy atom. The van der Waals surface area contributed by atoms with Gasteiger partial charge in [-0.1, -0.05) is 20.3 Å². The van der Waals surface area contributed by atoms with Crippen LogP contribution in [-0.4, -0.2) is 37.0 Å². The summed E-state index contributed by atoms with van der Waals surface area (Å²) in [6, 6.07) is 0. The summed E-state index contributed by atoms with van der Waals surface area (Å²) in [5, 5.41) is 3.13. The second-order valence-corrected chi connectivity index (χ2v) is 3.50. The Kier molecular flexibility index (Phi) is 8.64. The lowest BCUT2D eigenvalue weighted by atomic mass is 10.3. The Morgan fingerprint density at radius 1 is 1.21 bits per heavy atom. The fourth-order valence-corrected chi connectivity index (χ4v) is 1.29. The van der Waals surface area contributed by atoms with Crippen LogP contribution in [0.3, 0.4) is 0 Å². The molecule has 0 rings (SSSR count). The molecule has 0 bridgehead atoms. The summed E-state index contributed by atoms with van der Waals surface area (Å²) in [7, 11) is 0. The summed E-state index contributed by atoms with van der Waals surface area (Å²) < 4.78 is 0. The second-order valence-electron chi connectivity index (χ2n) is 3.50. The molecule has 0 saturated carbocycles. The number of carbonyl (C=O) groups excluding carboxylic acids is 1. The molecule has 0 heterocycles. The predicted octanol–water partition coefficient (Wildman–Crippen LogP) is 1.63. The Morgan fingerprint density at radius 3 is 2.43 bits per heavy atom. The highest BCUT2D eigenvalue weighted by molar-refractivity contribution is 5.78. The van der Waals surface area contributed by atoms with Gasteiger partial charge in [-0.05, 0) is 26.3 Å². The van der Waals surface area contributed by atoms with Crippen LogP contribution in [0.4, 0.5) is 0 Å². The third-order valence-electron chi connectivity index (χ3n) is 2.22. The van der Waals surface area contributed by atoms with Gasteiger partial charge in [0.25, 0.3) is 0 Å². The second kappa shape index (κ2) is 9.00. The average Bonchev–Trinajstić information content (AvgIpc) is 2.19. The minimum atomic E-state index is 0.231. The molecule has 3 nitrogen and oxygen atoms in total. The molecule has 0 radical (unpaired) electrons.